The van der Waals surface area contributed by atoms with Crippen molar-refractivity contribution < 1.29 is 22.7 Å². The highest BCUT2D eigenvalue weighted by Crippen LogP contribution is 2.00. The summed E-state index contributed by atoms with van der Waals surface area (Å²) < 4.78 is 33.1. The van der Waals surface area contributed by atoms with Crippen molar-refractivity contribution in [2.75, 3.05) is 26.1 Å². The maximum Gasteiger partial charge on any atom is 0.264 e. The summed E-state index contributed by atoms with van der Waals surface area (Å²) in [7, 11) is -3.51. The lowest BCUT2D eigenvalue weighted by atomic mass is 10.3. The van der Waals surface area contributed by atoms with E-state index in [1.54, 1.807) is 0 Å². The van der Waals surface area contributed by atoms with Gasteiger partial charge >= 0.3 is 0 Å². The van der Waals surface area contributed by atoms with Crippen LogP contribution in [0.4, 0.5) is 0 Å². The molecule has 1 amide bonds. The molecule has 1 aliphatic rings. The normalized spacial score (nSPS) is 23.9. The SMILES string of the molecule is CS(=O)(=O)NC(=O)C1COCCO1. The fourth-order valence-electron chi connectivity index (χ4n) is 0.888. The molecule has 0 aromatic carbocycles. The third-order valence-electron chi connectivity index (χ3n) is 1.39. The van der Waals surface area contributed by atoms with E-state index >= 15 is 0 Å². The van der Waals surface area contributed by atoms with Crippen LogP contribution in [0.5, 0.6) is 0 Å². The van der Waals surface area contributed by atoms with Crippen LogP contribution in [0.3, 0.4) is 0 Å². The van der Waals surface area contributed by atoms with Gasteiger partial charge in [-0.2, -0.15) is 0 Å². The number of nitrogens with one attached hydrogen (secondary N) is 1. The molecular weight excluding hydrogens is 198 g/mol. The Balaban J connectivity index is 2.47. The fourth-order valence-corrected chi connectivity index (χ4v) is 1.38. The first-order valence-corrected chi connectivity index (χ1v) is 5.59. The lowest BCUT2D eigenvalue weighted by Gasteiger charge is -2.21. The van der Waals surface area contributed by atoms with Crippen LogP contribution >= 0.6 is 0 Å². The van der Waals surface area contributed by atoms with E-state index < -0.39 is 22.0 Å². The van der Waals surface area contributed by atoms with Crippen LogP contribution < -0.4 is 4.72 Å². The molecule has 1 heterocycles. The molecule has 1 unspecified atom stereocenters. The van der Waals surface area contributed by atoms with Gasteiger partial charge in [-0.3, -0.25) is 9.52 Å². The smallest absolute Gasteiger partial charge is 0.264 e. The Kier molecular flexibility index (Phi) is 3.23. The van der Waals surface area contributed by atoms with Gasteiger partial charge < -0.3 is 9.47 Å². The highest BCUT2D eigenvalue weighted by molar-refractivity contribution is 7.89. The molecule has 0 bridgehead atoms. The van der Waals surface area contributed by atoms with E-state index in [4.69, 9.17) is 9.47 Å². The molecule has 0 radical (unpaired) electrons. The van der Waals surface area contributed by atoms with Gasteiger partial charge in [-0.15, -0.1) is 0 Å². The van der Waals surface area contributed by atoms with Crippen molar-refractivity contribution in [2.24, 2.45) is 0 Å². The van der Waals surface area contributed by atoms with Crippen molar-refractivity contribution in [3.8, 4) is 0 Å². The molecule has 0 aromatic rings. The minimum atomic E-state index is -3.51. The van der Waals surface area contributed by atoms with Crippen LogP contribution in [-0.2, 0) is 24.3 Å². The molecule has 76 valence electrons. The molecule has 1 rings (SSSR count). The standard InChI is InChI=1S/C6H11NO5S/c1-13(9,10)7-6(8)5-4-11-2-3-12-5/h5H,2-4H2,1H3,(H,7,8). The zero-order valence-electron chi connectivity index (χ0n) is 7.15. The van der Waals surface area contributed by atoms with E-state index in [9.17, 15) is 13.2 Å². The van der Waals surface area contributed by atoms with Crippen LogP contribution in [-0.4, -0.2) is 46.5 Å². The van der Waals surface area contributed by atoms with E-state index in [0.29, 0.717) is 13.2 Å². The van der Waals surface area contributed by atoms with E-state index in [1.807, 2.05) is 4.72 Å². The molecule has 1 atom stereocenters. The molecule has 1 saturated heterocycles. The van der Waals surface area contributed by atoms with Crippen molar-refractivity contribution in [2.45, 2.75) is 6.10 Å². The average Bonchev–Trinajstić information content (AvgIpc) is 2.03. The third kappa shape index (κ3) is 3.71. The van der Waals surface area contributed by atoms with Gasteiger partial charge in [0.1, 0.15) is 0 Å². The first-order valence-electron chi connectivity index (χ1n) is 3.70. The van der Waals surface area contributed by atoms with E-state index in [0.717, 1.165) is 6.26 Å². The Hall–Kier alpha value is -0.660. The molecule has 0 aromatic heterocycles. The lowest BCUT2D eigenvalue weighted by molar-refractivity contribution is -0.145. The predicted octanol–water partition coefficient (Wildman–Crippen LogP) is -1.52. The molecule has 0 spiro atoms. The molecule has 1 fully saturated rings. The zero-order chi connectivity index (χ0) is 9.90. The van der Waals surface area contributed by atoms with Crippen molar-refractivity contribution in [1.82, 2.24) is 4.72 Å². The van der Waals surface area contributed by atoms with Crippen LogP contribution in [0.1, 0.15) is 0 Å². The minimum absolute atomic E-state index is 0.0986. The van der Waals surface area contributed by atoms with Crippen LogP contribution in [0, 0.1) is 0 Å². The number of hydrogen-bond donors (Lipinski definition) is 1. The first-order chi connectivity index (χ1) is 5.99. The molecule has 0 aliphatic carbocycles. The summed E-state index contributed by atoms with van der Waals surface area (Å²) in [6.45, 7) is 0.839. The lowest BCUT2D eigenvalue weighted by Crippen LogP contribution is -2.44. The van der Waals surface area contributed by atoms with E-state index in [2.05, 4.69) is 0 Å². The van der Waals surface area contributed by atoms with Crippen LogP contribution in [0.15, 0.2) is 0 Å². The summed E-state index contributed by atoms with van der Waals surface area (Å²) in [4.78, 5) is 11.1. The molecule has 7 heteroatoms. The minimum Gasteiger partial charge on any atom is -0.376 e. The maximum absolute atomic E-state index is 11.1. The topological polar surface area (TPSA) is 81.7 Å². The van der Waals surface area contributed by atoms with Crippen molar-refractivity contribution >= 4 is 15.9 Å². The number of carbonyl (C=O) groups excluding carboxylic acids is 1. The van der Waals surface area contributed by atoms with Gasteiger partial charge in [-0.25, -0.2) is 8.42 Å². The summed E-state index contributed by atoms with van der Waals surface area (Å²) in [5.41, 5.74) is 0. The highest BCUT2D eigenvalue weighted by Gasteiger charge is 2.24. The van der Waals surface area contributed by atoms with Gasteiger partial charge in [0.2, 0.25) is 10.0 Å². The quantitative estimate of drug-likeness (QED) is 0.597. The summed E-state index contributed by atoms with van der Waals surface area (Å²) >= 11 is 0. The number of hydrogen-bond acceptors (Lipinski definition) is 5. The van der Waals surface area contributed by atoms with Gasteiger partial charge in [0.25, 0.3) is 5.91 Å². The Morgan fingerprint density at radius 1 is 1.46 bits per heavy atom. The Bertz CT molecular complexity index is 279. The molecule has 1 N–H and O–H groups in total. The average molecular weight is 209 g/mol. The molecule has 6 nitrogen and oxygen atoms in total. The second-order valence-corrected chi connectivity index (χ2v) is 4.42. The van der Waals surface area contributed by atoms with Gasteiger partial charge in [0, 0.05) is 0 Å². The van der Waals surface area contributed by atoms with Gasteiger partial charge in [0.05, 0.1) is 26.1 Å². The van der Waals surface area contributed by atoms with Crippen molar-refractivity contribution in [3.63, 3.8) is 0 Å². The second kappa shape index (κ2) is 4.03. The summed E-state index contributed by atoms with van der Waals surface area (Å²) in [5, 5.41) is 0. The summed E-state index contributed by atoms with van der Waals surface area (Å²) in [6, 6.07) is 0. The number of carbonyl (C=O) groups is 1. The Morgan fingerprint density at radius 2 is 2.15 bits per heavy atom. The van der Waals surface area contributed by atoms with Crippen LogP contribution in [0.2, 0.25) is 0 Å². The number of amides is 1. The third-order valence-corrected chi connectivity index (χ3v) is 1.97. The second-order valence-electron chi connectivity index (χ2n) is 2.67. The molecule has 1 aliphatic heterocycles. The highest BCUT2D eigenvalue weighted by atomic mass is 32.2. The Labute approximate surface area is 76.3 Å². The van der Waals surface area contributed by atoms with E-state index in [-0.39, 0.29) is 6.61 Å². The van der Waals surface area contributed by atoms with Gasteiger partial charge in [-0.1, -0.05) is 0 Å². The van der Waals surface area contributed by atoms with Crippen LogP contribution in [0.25, 0.3) is 0 Å². The number of sulfonamides is 1. The largest absolute Gasteiger partial charge is 0.376 e. The molecule has 0 saturated carbocycles. The predicted molar refractivity (Wildman–Crippen MR) is 43.5 cm³/mol. The number of ether oxygens (including phenoxy) is 2. The van der Waals surface area contributed by atoms with Crippen molar-refractivity contribution in [1.29, 1.82) is 0 Å². The van der Waals surface area contributed by atoms with Gasteiger partial charge in [0.15, 0.2) is 6.10 Å². The van der Waals surface area contributed by atoms with E-state index in [1.165, 1.54) is 0 Å². The monoisotopic (exact) mass is 209 g/mol. The molecular formula is C6H11NO5S. The number of rotatable bonds is 2. The molecule has 13 heavy (non-hydrogen) atoms. The van der Waals surface area contributed by atoms with Gasteiger partial charge in [-0.05, 0) is 0 Å². The summed E-state index contributed by atoms with van der Waals surface area (Å²) in [6.07, 6.45) is 0.0951. The fraction of sp³-hybridized carbons (Fsp3) is 0.833. The zero-order valence-corrected chi connectivity index (χ0v) is 7.96. The van der Waals surface area contributed by atoms with Crippen molar-refractivity contribution in [3.05, 3.63) is 0 Å². The first kappa shape index (κ1) is 10.4. The Morgan fingerprint density at radius 3 is 2.62 bits per heavy atom. The maximum atomic E-state index is 11.1. The summed E-state index contributed by atoms with van der Waals surface area (Å²) in [5.74, 6) is -0.679.